The summed E-state index contributed by atoms with van der Waals surface area (Å²) in [5.41, 5.74) is 2.03. The number of hydrogen-bond acceptors (Lipinski definition) is 8. The van der Waals surface area contributed by atoms with Crippen LogP contribution in [0, 0.1) is 0 Å². The van der Waals surface area contributed by atoms with Gasteiger partial charge in [-0.25, -0.2) is 5.84 Å². The quantitative estimate of drug-likeness (QED) is 0.417. The summed E-state index contributed by atoms with van der Waals surface area (Å²) in [5.74, 6) is 5.50. The molecule has 0 radical (unpaired) electrons. The Balaban J connectivity index is 2.67. The van der Waals surface area contributed by atoms with E-state index in [9.17, 15) is 4.79 Å². The molecule has 9 heteroatoms. The Bertz CT molecular complexity index is 473. The van der Waals surface area contributed by atoms with Crippen LogP contribution in [-0.2, 0) is 4.79 Å². The van der Waals surface area contributed by atoms with Crippen LogP contribution in [0.25, 0.3) is 0 Å². The summed E-state index contributed by atoms with van der Waals surface area (Å²) < 4.78 is 5.33. The second-order valence-electron chi connectivity index (χ2n) is 5.41. The number of carbonyl (C=O) groups excluding carboxylic acids is 1. The fourth-order valence-corrected chi connectivity index (χ4v) is 1.38. The van der Waals surface area contributed by atoms with Crippen LogP contribution in [0.5, 0.6) is 6.01 Å². The lowest BCUT2D eigenvalue weighted by Crippen LogP contribution is -2.43. The highest BCUT2D eigenvalue weighted by Crippen LogP contribution is 2.10. The number of hydrazine groups is 1. The normalized spacial score (nSPS) is 10.9. The summed E-state index contributed by atoms with van der Waals surface area (Å²) in [7, 11) is 0. The smallest absolute Gasteiger partial charge is 0.323 e. The summed E-state index contributed by atoms with van der Waals surface area (Å²) in [4.78, 5) is 23.7. The van der Waals surface area contributed by atoms with Gasteiger partial charge in [0.2, 0.25) is 17.8 Å². The predicted octanol–water partition coefficient (Wildman–Crippen LogP) is 0.273. The minimum Gasteiger partial charge on any atom is -0.463 e. The molecule has 5 N–H and O–H groups in total. The van der Waals surface area contributed by atoms with Crippen LogP contribution in [-0.4, -0.2) is 39.5 Å². The van der Waals surface area contributed by atoms with Gasteiger partial charge in [0, 0.05) is 5.54 Å². The Labute approximate surface area is 124 Å². The van der Waals surface area contributed by atoms with Crippen molar-refractivity contribution in [3.05, 3.63) is 0 Å². The lowest BCUT2D eigenvalue weighted by Gasteiger charge is -2.20. The minimum atomic E-state index is -0.294. The molecule has 0 bridgehead atoms. The van der Waals surface area contributed by atoms with Crippen LogP contribution in [0.15, 0.2) is 0 Å². The number of carbonyl (C=O) groups is 1. The van der Waals surface area contributed by atoms with E-state index in [1.807, 2.05) is 27.7 Å². The summed E-state index contributed by atoms with van der Waals surface area (Å²) in [6.45, 7) is 8.21. The third-order valence-corrected chi connectivity index (χ3v) is 2.10. The molecular formula is C12H23N7O2. The zero-order valence-corrected chi connectivity index (χ0v) is 12.9. The molecule has 0 spiro atoms. The summed E-state index contributed by atoms with van der Waals surface area (Å²) in [6.07, 6.45) is 0.827. The average Bonchev–Trinajstić information content (AvgIpc) is 2.41. The highest BCUT2D eigenvalue weighted by atomic mass is 16.5. The van der Waals surface area contributed by atoms with Gasteiger partial charge in [-0.05, 0) is 27.2 Å². The number of hydrogen-bond donors (Lipinski definition) is 4. The van der Waals surface area contributed by atoms with Gasteiger partial charge in [0.05, 0.1) is 13.2 Å². The van der Waals surface area contributed by atoms with E-state index < -0.39 is 0 Å². The molecule has 0 aromatic carbocycles. The number of nitrogens with zero attached hydrogens (tertiary/aromatic N) is 3. The van der Waals surface area contributed by atoms with Crippen LogP contribution in [0.4, 0.5) is 11.9 Å². The Morgan fingerprint density at radius 1 is 1.24 bits per heavy atom. The lowest BCUT2D eigenvalue weighted by molar-refractivity contribution is -0.120. The number of nitrogens with two attached hydrogens (primary N) is 1. The van der Waals surface area contributed by atoms with E-state index in [4.69, 9.17) is 10.6 Å². The molecule has 1 aromatic rings. The fourth-order valence-electron chi connectivity index (χ4n) is 1.38. The van der Waals surface area contributed by atoms with E-state index in [1.165, 1.54) is 0 Å². The second-order valence-corrected chi connectivity index (χ2v) is 5.41. The van der Waals surface area contributed by atoms with Gasteiger partial charge in [-0.1, -0.05) is 6.92 Å². The van der Waals surface area contributed by atoms with Gasteiger partial charge in [0.25, 0.3) is 0 Å². The molecule has 0 unspecified atom stereocenters. The van der Waals surface area contributed by atoms with E-state index >= 15 is 0 Å². The molecule has 0 saturated carbocycles. The van der Waals surface area contributed by atoms with Crippen molar-refractivity contribution >= 4 is 17.8 Å². The third-order valence-electron chi connectivity index (χ3n) is 2.10. The van der Waals surface area contributed by atoms with Crippen LogP contribution in [0.2, 0.25) is 0 Å². The van der Waals surface area contributed by atoms with Crippen molar-refractivity contribution in [3.63, 3.8) is 0 Å². The maximum Gasteiger partial charge on any atom is 0.323 e. The van der Waals surface area contributed by atoms with E-state index in [1.54, 1.807) is 0 Å². The lowest BCUT2D eigenvalue weighted by atomic mass is 10.1. The van der Waals surface area contributed by atoms with Crippen molar-refractivity contribution in [3.8, 4) is 6.01 Å². The Morgan fingerprint density at radius 3 is 2.48 bits per heavy atom. The first-order valence-corrected chi connectivity index (χ1v) is 6.74. The molecule has 0 saturated heterocycles. The van der Waals surface area contributed by atoms with E-state index in [-0.39, 0.29) is 35.9 Å². The molecule has 0 aliphatic rings. The van der Waals surface area contributed by atoms with Crippen molar-refractivity contribution in [1.29, 1.82) is 0 Å². The zero-order chi connectivity index (χ0) is 15.9. The molecule has 1 heterocycles. The predicted molar refractivity (Wildman–Crippen MR) is 79.8 cm³/mol. The summed E-state index contributed by atoms with van der Waals surface area (Å²) in [6, 6.07) is 0.151. The van der Waals surface area contributed by atoms with Gasteiger partial charge in [0.15, 0.2) is 0 Å². The number of rotatable bonds is 7. The standard InChI is InChI=1S/C12H23N7O2/c1-5-6-21-11-16-9(15-10(17-11)19-13)14-7-8(20)18-12(2,3)4/h5-7,13H2,1-4H3,(H,18,20)(H2,14,15,16,17,19). The van der Waals surface area contributed by atoms with E-state index in [2.05, 4.69) is 31.0 Å². The summed E-state index contributed by atoms with van der Waals surface area (Å²) in [5, 5.41) is 5.63. The molecular weight excluding hydrogens is 274 g/mol. The molecule has 0 aliphatic heterocycles. The molecule has 1 aromatic heterocycles. The van der Waals surface area contributed by atoms with Gasteiger partial charge in [-0.3, -0.25) is 10.2 Å². The average molecular weight is 297 g/mol. The van der Waals surface area contributed by atoms with E-state index in [0.29, 0.717) is 6.61 Å². The molecule has 0 aliphatic carbocycles. The molecule has 1 amide bonds. The number of nitrogens with one attached hydrogen (secondary N) is 3. The maximum absolute atomic E-state index is 11.7. The molecule has 0 fully saturated rings. The maximum atomic E-state index is 11.7. The van der Waals surface area contributed by atoms with Gasteiger partial charge in [0.1, 0.15) is 0 Å². The highest BCUT2D eigenvalue weighted by Gasteiger charge is 2.14. The van der Waals surface area contributed by atoms with Gasteiger partial charge >= 0.3 is 6.01 Å². The molecule has 1 rings (SSSR count). The highest BCUT2D eigenvalue weighted by molar-refractivity contribution is 5.80. The first-order valence-electron chi connectivity index (χ1n) is 6.74. The van der Waals surface area contributed by atoms with Crippen molar-refractivity contribution in [1.82, 2.24) is 20.3 Å². The third kappa shape index (κ3) is 6.70. The molecule has 21 heavy (non-hydrogen) atoms. The van der Waals surface area contributed by atoms with Crippen molar-refractivity contribution < 1.29 is 9.53 Å². The number of ether oxygens (including phenoxy) is 1. The minimum absolute atomic E-state index is 0.0402. The van der Waals surface area contributed by atoms with Gasteiger partial charge in [-0.2, -0.15) is 15.0 Å². The monoisotopic (exact) mass is 297 g/mol. The van der Waals surface area contributed by atoms with Crippen LogP contribution in [0.3, 0.4) is 0 Å². The van der Waals surface area contributed by atoms with Crippen molar-refractivity contribution in [2.75, 3.05) is 23.9 Å². The molecule has 9 nitrogen and oxygen atoms in total. The van der Waals surface area contributed by atoms with Crippen LogP contribution >= 0.6 is 0 Å². The zero-order valence-electron chi connectivity index (χ0n) is 12.9. The number of amides is 1. The van der Waals surface area contributed by atoms with E-state index in [0.717, 1.165) is 6.42 Å². The fraction of sp³-hybridized carbons (Fsp3) is 0.667. The van der Waals surface area contributed by atoms with Gasteiger partial charge < -0.3 is 15.4 Å². The number of nitrogen functional groups attached to an aromatic ring is 1. The van der Waals surface area contributed by atoms with Crippen LogP contribution < -0.4 is 26.6 Å². The first-order chi connectivity index (χ1) is 9.84. The Hall–Kier alpha value is -2.16. The van der Waals surface area contributed by atoms with Crippen molar-refractivity contribution in [2.24, 2.45) is 5.84 Å². The first kappa shape index (κ1) is 16.9. The Morgan fingerprint density at radius 2 is 1.90 bits per heavy atom. The SMILES string of the molecule is CCCOc1nc(NN)nc(NCC(=O)NC(C)(C)C)n1. The van der Waals surface area contributed by atoms with Crippen molar-refractivity contribution in [2.45, 2.75) is 39.7 Å². The van der Waals surface area contributed by atoms with Gasteiger partial charge in [-0.15, -0.1) is 0 Å². The number of aromatic nitrogens is 3. The number of anilines is 2. The summed E-state index contributed by atoms with van der Waals surface area (Å²) >= 11 is 0. The molecule has 0 atom stereocenters. The molecule has 118 valence electrons. The Kier molecular flexibility index (Phi) is 6.10. The topological polar surface area (TPSA) is 127 Å². The largest absolute Gasteiger partial charge is 0.463 e. The second kappa shape index (κ2) is 7.58. The van der Waals surface area contributed by atoms with Crippen LogP contribution in [0.1, 0.15) is 34.1 Å².